The molecule has 0 aromatic heterocycles. The van der Waals surface area contributed by atoms with Crippen LogP contribution < -0.4 is 10.2 Å². The molecule has 1 aliphatic heterocycles. The number of benzene rings is 2. The lowest BCUT2D eigenvalue weighted by Gasteiger charge is -2.24. The van der Waals surface area contributed by atoms with Gasteiger partial charge < -0.3 is 10.2 Å². The molecule has 0 saturated carbocycles. The Morgan fingerprint density at radius 2 is 1.80 bits per heavy atom. The summed E-state index contributed by atoms with van der Waals surface area (Å²) >= 11 is 0. The highest BCUT2D eigenvalue weighted by molar-refractivity contribution is 5.98. The Balaban J connectivity index is 1.99. The predicted molar refractivity (Wildman–Crippen MR) is 80.4 cm³/mol. The van der Waals surface area contributed by atoms with E-state index in [0.29, 0.717) is 6.54 Å². The van der Waals surface area contributed by atoms with Crippen LogP contribution in [-0.4, -0.2) is 11.9 Å². The molecule has 2 aromatic carbocycles. The number of anilines is 1. The molecule has 20 heavy (non-hydrogen) atoms. The number of nitrogens with zero attached hydrogens (tertiary/aromatic N) is 1. The molecule has 0 radical (unpaired) electrons. The van der Waals surface area contributed by atoms with E-state index < -0.39 is 0 Å². The van der Waals surface area contributed by atoms with Gasteiger partial charge in [-0.3, -0.25) is 4.79 Å². The average molecular weight is 266 g/mol. The van der Waals surface area contributed by atoms with Crippen molar-refractivity contribution in [3.8, 4) is 0 Å². The molecule has 3 heteroatoms. The van der Waals surface area contributed by atoms with Crippen LogP contribution in [0.4, 0.5) is 5.69 Å². The smallest absolute Gasteiger partial charge is 0.244 e. The minimum atomic E-state index is -0.161. The van der Waals surface area contributed by atoms with Crippen LogP contribution in [0.3, 0.4) is 0 Å². The minimum Gasteiger partial charge on any atom is -0.306 e. The van der Waals surface area contributed by atoms with Gasteiger partial charge in [-0.1, -0.05) is 48.5 Å². The van der Waals surface area contributed by atoms with Crippen LogP contribution in [0.1, 0.15) is 18.1 Å². The van der Waals surface area contributed by atoms with Crippen LogP contribution in [0.5, 0.6) is 0 Å². The zero-order valence-corrected chi connectivity index (χ0v) is 11.5. The second-order valence-electron chi connectivity index (χ2n) is 5.14. The van der Waals surface area contributed by atoms with E-state index in [9.17, 15) is 4.79 Å². The van der Waals surface area contributed by atoms with Crippen LogP contribution in [-0.2, 0) is 17.9 Å². The molecule has 0 bridgehead atoms. The fourth-order valence-corrected chi connectivity index (χ4v) is 2.56. The molecule has 0 saturated heterocycles. The Kier molecular flexibility index (Phi) is 3.52. The summed E-state index contributed by atoms with van der Waals surface area (Å²) in [6.45, 7) is 3.27. The lowest BCUT2D eigenvalue weighted by Crippen LogP contribution is -2.42. The average Bonchev–Trinajstić information content (AvgIpc) is 2.61. The van der Waals surface area contributed by atoms with Crippen molar-refractivity contribution in [3.05, 3.63) is 65.7 Å². The van der Waals surface area contributed by atoms with Crippen molar-refractivity contribution in [1.29, 1.82) is 0 Å². The first-order valence-corrected chi connectivity index (χ1v) is 6.92. The number of rotatable bonds is 2. The van der Waals surface area contributed by atoms with E-state index in [-0.39, 0.29) is 11.9 Å². The molecule has 2 aromatic rings. The molecule has 1 N–H and O–H groups in total. The molecule has 1 atom stereocenters. The number of fused-ring (bicyclic) bond motifs is 1. The predicted octanol–water partition coefficient (Wildman–Crippen LogP) is 2.71. The van der Waals surface area contributed by atoms with Crippen molar-refractivity contribution in [3.63, 3.8) is 0 Å². The minimum absolute atomic E-state index is 0.124. The summed E-state index contributed by atoms with van der Waals surface area (Å²) in [4.78, 5) is 14.5. The molecule has 3 nitrogen and oxygen atoms in total. The normalized spacial score (nSPS) is 18.6. The van der Waals surface area contributed by atoms with Gasteiger partial charge in [-0.2, -0.15) is 0 Å². The van der Waals surface area contributed by atoms with E-state index in [0.717, 1.165) is 17.8 Å². The third kappa shape index (κ3) is 2.45. The van der Waals surface area contributed by atoms with Gasteiger partial charge >= 0.3 is 0 Å². The van der Waals surface area contributed by atoms with Gasteiger partial charge in [0.25, 0.3) is 0 Å². The van der Waals surface area contributed by atoms with Crippen LogP contribution in [0, 0.1) is 0 Å². The van der Waals surface area contributed by atoms with Crippen LogP contribution in [0.25, 0.3) is 0 Å². The van der Waals surface area contributed by atoms with Crippen LogP contribution >= 0.6 is 0 Å². The molecule has 3 rings (SSSR count). The molecular weight excluding hydrogens is 248 g/mol. The van der Waals surface area contributed by atoms with Crippen molar-refractivity contribution in [2.45, 2.75) is 26.1 Å². The summed E-state index contributed by atoms with van der Waals surface area (Å²) < 4.78 is 0. The molecule has 102 valence electrons. The number of hydrogen-bond donors (Lipinski definition) is 1. The van der Waals surface area contributed by atoms with Crippen molar-refractivity contribution >= 4 is 11.6 Å². The van der Waals surface area contributed by atoms with E-state index in [1.54, 1.807) is 0 Å². The van der Waals surface area contributed by atoms with Crippen molar-refractivity contribution in [1.82, 2.24) is 5.32 Å². The van der Waals surface area contributed by atoms with Gasteiger partial charge in [-0.25, -0.2) is 0 Å². The number of amides is 1. The van der Waals surface area contributed by atoms with Gasteiger partial charge in [0, 0.05) is 12.2 Å². The van der Waals surface area contributed by atoms with Crippen molar-refractivity contribution in [2.24, 2.45) is 0 Å². The monoisotopic (exact) mass is 266 g/mol. The standard InChI is InChI=1S/C17H18N2O/c1-13-17(20)19(12-14-7-3-2-4-8-14)16-10-6-5-9-15(16)11-18-13/h2-10,13,18H,11-12H2,1H3. The van der Waals surface area contributed by atoms with E-state index in [1.165, 1.54) is 5.56 Å². The molecular formula is C17H18N2O. The highest BCUT2D eigenvalue weighted by Crippen LogP contribution is 2.25. The lowest BCUT2D eigenvalue weighted by atomic mass is 10.1. The topological polar surface area (TPSA) is 32.3 Å². The zero-order chi connectivity index (χ0) is 13.9. The van der Waals surface area contributed by atoms with E-state index in [2.05, 4.69) is 23.5 Å². The van der Waals surface area contributed by atoms with Gasteiger partial charge in [-0.05, 0) is 24.1 Å². The molecule has 1 unspecified atom stereocenters. The second kappa shape index (κ2) is 5.47. The molecule has 0 aliphatic carbocycles. The van der Waals surface area contributed by atoms with Gasteiger partial charge in [-0.15, -0.1) is 0 Å². The SMILES string of the molecule is CC1NCc2ccccc2N(Cc2ccccc2)C1=O. The summed E-state index contributed by atoms with van der Waals surface area (Å²) in [6, 6.07) is 18.1. The fourth-order valence-electron chi connectivity index (χ4n) is 2.56. The second-order valence-corrected chi connectivity index (χ2v) is 5.14. The van der Waals surface area contributed by atoms with Crippen molar-refractivity contribution < 1.29 is 4.79 Å². The van der Waals surface area contributed by atoms with E-state index in [1.807, 2.05) is 48.2 Å². The summed E-state index contributed by atoms with van der Waals surface area (Å²) in [6.07, 6.45) is 0. The Morgan fingerprint density at radius 3 is 2.60 bits per heavy atom. The molecule has 0 spiro atoms. The Labute approximate surface area is 119 Å². The molecule has 0 fully saturated rings. The summed E-state index contributed by atoms with van der Waals surface area (Å²) in [7, 11) is 0. The maximum Gasteiger partial charge on any atom is 0.244 e. The maximum absolute atomic E-state index is 12.6. The van der Waals surface area contributed by atoms with Gasteiger partial charge in [0.1, 0.15) is 0 Å². The Morgan fingerprint density at radius 1 is 1.10 bits per heavy atom. The lowest BCUT2D eigenvalue weighted by molar-refractivity contribution is -0.120. The summed E-state index contributed by atoms with van der Waals surface area (Å²) in [5.74, 6) is 0.124. The van der Waals surface area contributed by atoms with E-state index in [4.69, 9.17) is 0 Å². The molecule has 1 aliphatic rings. The summed E-state index contributed by atoms with van der Waals surface area (Å²) in [5, 5.41) is 3.27. The zero-order valence-electron chi connectivity index (χ0n) is 11.5. The Hall–Kier alpha value is -2.13. The first-order chi connectivity index (χ1) is 9.75. The van der Waals surface area contributed by atoms with Crippen LogP contribution in [0.2, 0.25) is 0 Å². The number of carbonyl (C=O) groups excluding carboxylic acids is 1. The van der Waals surface area contributed by atoms with Crippen LogP contribution in [0.15, 0.2) is 54.6 Å². The third-order valence-electron chi connectivity index (χ3n) is 3.70. The largest absolute Gasteiger partial charge is 0.306 e. The molecule has 1 amide bonds. The number of para-hydroxylation sites is 1. The Bertz CT molecular complexity index is 609. The highest BCUT2D eigenvalue weighted by atomic mass is 16.2. The van der Waals surface area contributed by atoms with Gasteiger partial charge in [0.2, 0.25) is 5.91 Å². The number of nitrogens with one attached hydrogen (secondary N) is 1. The van der Waals surface area contributed by atoms with Gasteiger partial charge in [0.15, 0.2) is 0 Å². The first-order valence-electron chi connectivity index (χ1n) is 6.92. The quantitative estimate of drug-likeness (QED) is 0.906. The third-order valence-corrected chi connectivity index (χ3v) is 3.70. The highest BCUT2D eigenvalue weighted by Gasteiger charge is 2.26. The first kappa shape index (κ1) is 12.9. The molecule has 1 heterocycles. The van der Waals surface area contributed by atoms with Crippen molar-refractivity contribution in [2.75, 3.05) is 4.90 Å². The van der Waals surface area contributed by atoms with E-state index >= 15 is 0 Å². The maximum atomic E-state index is 12.6. The van der Waals surface area contributed by atoms with Gasteiger partial charge in [0.05, 0.1) is 12.6 Å². The summed E-state index contributed by atoms with van der Waals surface area (Å²) in [5.41, 5.74) is 3.32. The number of carbonyl (C=O) groups is 1. The number of hydrogen-bond acceptors (Lipinski definition) is 2. The fraction of sp³-hybridized carbons (Fsp3) is 0.235.